The molecule has 1 aromatic carbocycles. The number of nitrogens with one attached hydrogen (secondary N) is 1. The van der Waals surface area contributed by atoms with Gasteiger partial charge in [0.2, 0.25) is 0 Å². The molecule has 0 spiro atoms. The number of hydrogen-bond acceptors (Lipinski definition) is 3. The van der Waals surface area contributed by atoms with Gasteiger partial charge in [-0.2, -0.15) is 0 Å². The van der Waals surface area contributed by atoms with Crippen molar-refractivity contribution in [1.29, 1.82) is 0 Å². The number of amidine groups is 1. The summed E-state index contributed by atoms with van der Waals surface area (Å²) in [5, 5.41) is 3.56. The van der Waals surface area contributed by atoms with E-state index in [1.54, 1.807) is 12.2 Å². The van der Waals surface area contributed by atoms with Crippen LogP contribution in [-0.4, -0.2) is 17.8 Å². The standard InChI is InChI=1S/C24H28FN3.C6H14/c1-16-13-14-19(25)15-21(16)17(2)26-23-20-11-7-8-12-22(20)28(3)24(27-23)18-9-5-4-6-10-18;1-3-5-6-4-2/h4-6,9-10,13-16,24H,7-8,11-12H2,1-3H3,(H,26,27);3-6H2,1-2H3/b21-17+;. The van der Waals surface area contributed by atoms with Gasteiger partial charge in [0.1, 0.15) is 17.8 Å². The molecule has 0 radical (unpaired) electrons. The number of halogens is 1. The van der Waals surface area contributed by atoms with Gasteiger partial charge in [0.15, 0.2) is 0 Å². The second-order valence-corrected chi connectivity index (χ2v) is 9.59. The van der Waals surface area contributed by atoms with E-state index in [4.69, 9.17) is 4.99 Å². The van der Waals surface area contributed by atoms with Crippen LogP contribution in [0.1, 0.15) is 90.8 Å². The Labute approximate surface area is 206 Å². The topological polar surface area (TPSA) is 27.6 Å². The molecule has 2 atom stereocenters. The van der Waals surface area contributed by atoms with Crippen molar-refractivity contribution in [1.82, 2.24) is 10.2 Å². The van der Waals surface area contributed by atoms with E-state index in [1.165, 1.54) is 55.4 Å². The van der Waals surface area contributed by atoms with Crippen molar-refractivity contribution in [3.05, 3.63) is 82.5 Å². The van der Waals surface area contributed by atoms with Crippen LogP contribution in [-0.2, 0) is 0 Å². The molecular formula is C30H42FN3. The number of nitrogens with zero attached hydrogens (tertiary/aromatic N) is 2. The molecule has 4 heteroatoms. The maximum Gasteiger partial charge on any atom is 0.149 e. The predicted octanol–water partition coefficient (Wildman–Crippen LogP) is 8.37. The molecule has 0 saturated heterocycles. The molecule has 0 amide bonds. The smallest absolute Gasteiger partial charge is 0.149 e. The molecule has 1 N–H and O–H groups in total. The maximum absolute atomic E-state index is 13.8. The summed E-state index contributed by atoms with van der Waals surface area (Å²) < 4.78 is 13.8. The molecule has 1 aromatic rings. The molecule has 3 nitrogen and oxygen atoms in total. The van der Waals surface area contributed by atoms with Crippen LogP contribution in [0.4, 0.5) is 4.39 Å². The lowest BCUT2D eigenvalue weighted by molar-refractivity contribution is 0.289. The van der Waals surface area contributed by atoms with Gasteiger partial charge in [0, 0.05) is 29.9 Å². The number of aliphatic imine (C=N–C) groups is 1. The number of hydrogen-bond donors (Lipinski definition) is 1. The first-order chi connectivity index (χ1) is 16.5. The van der Waals surface area contributed by atoms with Crippen molar-refractivity contribution in [3.8, 4) is 0 Å². The lowest BCUT2D eigenvalue weighted by Gasteiger charge is -2.39. The summed E-state index contributed by atoms with van der Waals surface area (Å²) in [7, 11) is 2.15. The van der Waals surface area contributed by atoms with Crippen molar-refractivity contribution in [3.63, 3.8) is 0 Å². The van der Waals surface area contributed by atoms with Crippen LogP contribution in [0.15, 0.2) is 81.9 Å². The Morgan fingerprint density at radius 1 is 1.09 bits per heavy atom. The number of benzene rings is 1. The highest BCUT2D eigenvalue weighted by molar-refractivity contribution is 6.01. The third-order valence-corrected chi connectivity index (χ3v) is 6.89. The van der Waals surface area contributed by atoms with Gasteiger partial charge in [-0.15, -0.1) is 0 Å². The minimum absolute atomic E-state index is 0.0331. The second-order valence-electron chi connectivity index (χ2n) is 9.59. The average molecular weight is 464 g/mol. The van der Waals surface area contributed by atoms with Crippen LogP contribution < -0.4 is 5.32 Å². The van der Waals surface area contributed by atoms with E-state index in [9.17, 15) is 4.39 Å². The maximum atomic E-state index is 13.8. The molecule has 0 fully saturated rings. The molecule has 0 bridgehead atoms. The van der Waals surface area contributed by atoms with E-state index in [-0.39, 0.29) is 17.9 Å². The molecule has 184 valence electrons. The van der Waals surface area contributed by atoms with Crippen molar-refractivity contribution >= 4 is 5.84 Å². The van der Waals surface area contributed by atoms with Crippen molar-refractivity contribution in [2.75, 3.05) is 7.05 Å². The van der Waals surface area contributed by atoms with Crippen LogP contribution in [0, 0.1) is 5.92 Å². The van der Waals surface area contributed by atoms with Gasteiger partial charge in [-0.05, 0) is 55.9 Å². The first-order valence-corrected chi connectivity index (χ1v) is 13.1. The van der Waals surface area contributed by atoms with Gasteiger partial charge in [0.25, 0.3) is 0 Å². The van der Waals surface area contributed by atoms with Gasteiger partial charge in [0.05, 0.1) is 0 Å². The van der Waals surface area contributed by atoms with Crippen LogP contribution in [0.3, 0.4) is 0 Å². The predicted molar refractivity (Wildman–Crippen MR) is 143 cm³/mol. The molecule has 0 saturated carbocycles. The molecule has 1 heterocycles. The SMILES string of the molecule is C/C(NC1=NC(c2ccccc2)N(C)C2=C1CCCC2)=C1/C=C(F)C=CC1C.CCCCCC. The van der Waals surface area contributed by atoms with Gasteiger partial charge < -0.3 is 10.2 Å². The fourth-order valence-corrected chi connectivity index (χ4v) is 4.87. The Balaban J connectivity index is 0.000000481. The van der Waals surface area contributed by atoms with E-state index in [0.29, 0.717) is 0 Å². The summed E-state index contributed by atoms with van der Waals surface area (Å²) in [5.74, 6) is 0.935. The van der Waals surface area contributed by atoms with E-state index in [0.717, 1.165) is 29.9 Å². The summed E-state index contributed by atoms with van der Waals surface area (Å²) >= 11 is 0. The third-order valence-electron chi connectivity index (χ3n) is 6.89. The van der Waals surface area contributed by atoms with Crippen LogP contribution in [0.25, 0.3) is 0 Å². The molecule has 4 rings (SSSR count). The van der Waals surface area contributed by atoms with E-state index >= 15 is 0 Å². The summed E-state index contributed by atoms with van der Waals surface area (Å²) in [4.78, 5) is 7.43. The number of unbranched alkanes of at least 4 members (excludes halogenated alkanes) is 3. The highest BCUT2D eigenvalue weighted by Crippen LogP contribution is 2.37. The average Bonchev–Trinajstić information content (AvgIpc) is 2.86. The molecule has 34 heavy (non-hydrogen) atoms. The Kier molecular flexibility index (Phi) is 9.74. The fourth-order valence-electron chi connectivity index (χ4n) is 4.87. The van der Waals surface area contributed by atoms with Crippen molar-refractivity contribution in [2.45, 2.75) is 85.2 Å². The molecule has 2 unspecified atom stereocenters. The zero-order chi connectivity index (χ0) is 24.5. The van der Waals surface area contributed by atoms with Gasteiger partial charge in [-0.1, -0.05) is 82.9 Å². The summed E-state index contributed by atoms with van der Waals surface area (Å²) in [6.07, 6.45) is 15.1. The van der Waals surface area contributed by atoms with Crippen LogP contribution >= 0.6 is 0 Å². The minimum atomic E-state index is -0.195. The lowest BCUT2D eigenvalue weighted by Crippen LogP contribution is -2.37. The number of allylic oxidation sites excluding steroid dienone is 7. The second kappa shape index (κ2) is 12.7. The summed E-state index contributed by atoms with van der Waals surface area (Å²) in [6, 6.07) is 10.4. The van der Waals surface area contributed by atoms with E-state index in [1.807, 2.05) is 19.1 Å². The number of rotatable bonds is 5. The van der Waals surface area contributed by atoms with E-state index < -0.39 is 0 Å². The highest BCUT2D eigenvalue weighted by Gasteiger charge is 2.30. The molecule has 1 aliphatic heterocycles. The summed E-state index contributed by atoms with van der Waals surface area (Å²) in [5.41, 5.74) is 5.83. The Morgan fingerprint density at radius 3 is 2.44 bits per heavy atom. The zero-order valence-electron chi connectivity index (χ0n) is 21.7. The molecule has 0 aromatic heterocycles. The fraction of sp³-hybridized carbons (Fsp3) is 0.500. The van der Waals surface area contributed by atoms with Crippen LogP contribution in [0.5, 0.6) is 0 Å². The van der Waals surface area contributed by atoms with Crippen molar-refractivity contribution < 1.29 is 4.39 Å². The first-order valence-electron chi connectivity index (χ1n) is 13.1. The van der Waals surface area contributed by atoms with Crippen LogP contribution in [0.2, 0.25) is 0 Å². The summed E-state index contributed by atoms with van der Waals surface area (Å²) in [6.45, 7) is 8.58. The molecule has 2 aliphatic carbocycles. The third kappa shape index (κ3) is 6.49. The van der Waals surface area contributed by atoms with Gasteiger partial charge >= 0.3 is 0 Å². The van der Waals surface area contributed by atoms with Crippen molar-refractivity contribution in [2.24, 2.45) is 10.9 Å². The highest BCUT2D eigenvalue weighted by atomic mass is 19.1. The Hall–Kier alpha value is -2.62. The lowest BCUT2D eigenvalue weighted by atomic mass is 9.91. The molecule has 3 aliphatic rings. The minimum Gasteiger partial charge on any atom is -0.352 e. The zero-order valence-corrected chi connectivity index (χ0v) is 21.7. The van der Waals surface area contributed by atoms with Gasteiger partial charge in [-0.3, -0.25) is 0 Å². The Bertz CT molecular complexity index is 964. The monoisotopic (exact) mass is 463 g/mol. The molecular weight excluding hydrogens is 421 g/mol. The quantitative estimate of drug-likeness (QED) is 0.444. The first kappa shape index (κ1) is 26.0. The van der Waals surface area contributed by atoms with E-state index in [2.05, 4.69) is 62.3 Å². The Morgan fingerprint density at radius 2 is 1.76 bits per heavy atom. The van der Waals surface area contributed by atoms with Gasteiger partial charge in [-0.25, -0.2) is 9.38 Å². The normalized spacial score (nSPS) is 23.4. The largest absolute Gasteiger partial charge is 0.352 e.